The highest BCUT2D eigenvalue weighted by molar-refractivity contribution is 7.92. The van der Waals surface area contributed by atoms with Gasteiger partial charge in [-0.2, -0.15) is 26.7 Å². The molecule has 3 N–H and O–H groups in total. The first-order chi connectivity index (χ1) is 14.7. The van der Waals surface area contributed by atoms with Crippen LogP contribution in [0.25, 0.3) is 10.9 Å². The minimum Gasteiger partial charge on any atom is -0.493 e. The van der Waals surface area contributed by atoms with Gasteiger partial charge in [-0.1, -0.05) is 12.1 Å². The zero-order valence-electron chi connectivity index (χ0n) is 15.9. The highest BCUT2D eigenvalue weighted by atomic mass is 32.2. The summed E-state index contributed by atoms with van der Waals surface area (Å²) in [7, 11) is -3.84. The first kappa shape index (κ1) is 20.8. The number of hydrogen-bond acceptors (Lipinski definition) is 4. The van der Waals surface area contributed by atoms with E-state index in [0.29, 0.717) is 34.3 Å². The minimum atomic E-state index is -4.36. The van der Waals surface area contributed by atoms with Crippen molar-refractivity contribution in [3.05, 3.63) is 72.1 Å². The lowest BCUT2D eigenvalue weighted by molar-refractivity contribution is -0.137. The molecule has 0 unspecified atom stereocenters. The molecule has 0 atom stereocenters. The molecule has 2 heterocycles. The third-order valence-corrected chi connectivity index (χ3v) is 5.86. The summed E-state index contributed by atoms with van der Waals surface area (Å²) in [6.45, 7) is 0.246. The molecule has 0 radical (unpaired) electrons. The van der Waals surface area contributed by atoms with Crippen molar-refractivity contribution >= 4 is 26.6 Å². The normalized spacial score (nSPS) is 12.2. The van der Waals surface area contributed by atoms with Gasteiger partial charge in [0.25, 0.3) is 10.0 Å². The second-order valence-electron chi connectivity index (χ2n) is 6.72. The number of benzene rings is 2. The monoisotopic (exact) mass is 450 g/mol. The minimum absolute atomic E-state index is 0.134. The fourth-order valence-electron chi connectivity index (χ4n) is 3.01. The van der Waals surface area contributed by atoms with Crippen molar-refractivity contribution < 1.29 is 26.3 Å². The van der Waals surface area contributed by atoms with Gasteiger partial charge in [-0.15, -0.1) is 0 Å². The van der Waals surface area contributed by atoms with E-state index in [0.717, 1.165) is 12.1 Å². The molecule has 4 rings (SSSR count). The van der Waals surface area contributed by atoms with E-state index in [1.54, 1.807) is 18.2 Å². The van der Waals surface area contributed by atoms with Crippen molar-refractivity contribution in [2.75, 3.05) is 11.3 Å². The molecule has 11 heteroatoms. The number of nitrogens with zero attached hydrogens (tertiary/aromatic N) is 1. The van der Waals surface area contributed by atoms with Gasteiger partial charge in [-0.05, 0) is 42.0 Å². The highest BCUT2D eigenvalue weighted by Gasteiger charge is 2.29. The lowest BCUT2D eigenvalue weighted by Gasteiger charge is -2.09. The first-order valence-electron chi connectivity index (χ1n) is 9.15. The predicted molar refractivity (Wildman–Crippen MR) is 108 cm³/mol. The summed E-state index contributed by atoms with van der Waals surface area (Å²) >= 11 is 0. The van der Waals surface area contributed by atoms with Crippen LogP contribution >= 0.6 is 0 Å². The van der Waals surface area contributed by atoms with Crippen molar-refractivity contribution in [3.63, 3.8) is 0 Å². The molecule has 2 aromatic carbocycles. The van der Waals surface area contributed by atoms with Crippen LogP contribution < -0.4 is 9.46 Å². The Bertz CT molecular complexity index is 1280. The van der Waals surface area contributed by atoms with Crippen molar-refractivity contribution in [1.82, 2.24) is 15.2 Å². The zero-order chi connectivity index (χ0) is 22.1. The average molecular weight is 450 g/mol. The number of hydrogen-bond donors (Lipinski definition) is 3. The van der Waals surface area contributed by atoms with Gasteiger partial charge in [0.05, 0.1) is 17.9 Å². The second-order valence-corrected chi connectivity index (χ2v) is 8.35. The Balaban J connectivity index is 1.44. The van der Waals surface area contributed by atoms with Crippen LogP contribution in [0, 0.1) is 0 Å². The third-order valence-electron chi connectivity index (χ3n) is 4.59. The van der Waals surface area contributed by atoms with Crippen LogP contribution in [0.5, 0.6) is 5.75 Å². The number of sulfonamides is 1. The molecule has 0 saturated heterocycles. The number of anilines is 1. The molecule has 0 bridgehead atoms. The Morgan fingerprint density at radius 1 is 1.06 bits per heavy atom. The Morgan fingerprint density at radius 3 is 2.52 bits per heavy atom. The van der Waals surface area contributed by atoms with Gasteiger partial charge in [-0.3, -0.25) is 9.82 Å². The molecule has 0 aliphatic rings. The molecular formula is C20H17F3N4O3S. The number of nitrogens with one attached hydrogen (secondary N) is 3. The van der Waals surface area contributed by atoms with Crippen molar-refractivity contribution in [3.8, 4) is 5.75 Å². The molecule has 162 valence electrons. The van der Waals surface area contributed by atoms with Gasteiger partial charge in [0, 0.05) is 29.7 Å². The fraction of sp³-hybridized carbons (Fsp3) is 0.150. The van der Waals surface area contributed by atoms with E-state index in [-0.39, 0.29) is 11.6 Å². The number of aromatic amines is 2. The third kappa shape index (κ3) is 4.66. The molecule has 4 aromatic rings. The lowest BCUT2D eigenvalue weighted by Crippen LogP contribution is -2.13. The van der Waals surface area contributed by atoms with Crippen LogP contribution in [0.15, 0.2) is 66.0 Å². The van der Waals surface area contributed by atoms with Crippen LogP contribution in [0.2, 0.25) is 0 Å². The standard InChI is InChI=1S/C20H17F3N4O3S/c21-20(22,23)14-3-1-13(2-4-14)8-10-30-15-5-6-17-16(11-15)18(12-24-17)27-31(28,29)19-7-9-25-26-19/h1-7,9,11-12,24,27H,8,10H2,(H,25,26). The van der Waals surface area contributed by atoms with E-state index < -0.39 is 21.8 Å². The Morgan fingerprint density at radius 2 is 1.84 bits per heavy atom. The van der Waals surface area contributed by atoms with Crippen molar-refractivity contribution in [2.45, 2.75) is 17.6 Å². The van der Waals surface area contributed by atoms with Gasteiger partial charge in [0.2, 0.25) is 0 Å². The maximum absolute atomic E-state index is 12.6. The largest absolute Gasteiger partial charge is 0.493 e. The molecule has 0 aliphatic heterocycles. The number of rotatable bonds is 7. The van der Waals surface area contributed by atoms with E-state index in [2.05, 4.69) is 19.9 Å². The van der Waals surface area contributed by atoms with Crippen LogP contribution in [0.4, 0.5) is 18.9 Å². The number of H-pyrrole nitrogens is 2. The number of halogens is 3. The predicted octanol–water partition coefficient (Wildman–Crippen LogP) is 4.33. The van der Waals surface area contributed by atoms with Crippen LogP contribution in [-0.2, 0) is 22.6 Å². The zero-order valence-corrected chi connectivity index (χ0v) is 16.7. The second kappa shape index (κ2) is 7.99. The van der Waals surface area contributed by atoms with Gasteiger partial charge >= 0.3 is 6.18 Å². The fourth-order valence-corrected chi connectivity index (χ4v) is 4.00. The Labute approximate surface area is 175 Å². The number of fused-ring (bicyclic) bond motifs is 1. The first-order valence-corrected chi connectivity index (χ1v) is 10.6. The smallest absolute Gasteiger partial charge is 0.416 e. The molecule has 0 fully saturated rings. The molecular weight excluding hydrogens is 433 g/mol. The summed E-state index contributed by atoms with van der Waals surface area (Å²) < 4.78 is 70.9. The summed E-state index contributed by atoms with van der Waals surface area (Å²) in [5.41, 5.74) is 1.06. The van der Waals surface area contributed by atoms with Gasteiger partial charge in [-0.25, -0.2) is 0 Å². The van der Waals surface area contributed by atoms with Gasteiger partial charge < -0.3 is 9.72 Å². The lowest BCUT2D eigenvalue weighted by atomic mass is 10.1. The van der Waals surface area contributed by atoms with Crippen LogP contribution in [-0.4, -0.2) is 30.2 Å². The molecule has 0 saturated carbocycles. The van der Waals surface area contributed by atoms with E-state index in [4.69, 9.17) is 4.74 Å². The summed E-state index contributed by atoms with van der Waals surface area (Å²) in [5.74, 6) is 0.499. The van der Waals surface area contributed by atoms with E-state index >= 15 is 0 Å². The Hall–Kier alpha value is -3.47. The van der Waals surface area contributed by atoms with Gasteiger partial charge in [0.15, 0.2) is 5.03 Å². The number of ether oxygens (including phenoxy) is 1. The summed E-state index contributed by atoms with van der Waals surface area (Å²) in [4.78, 5) is 2.98. The maximum atomic E-state index is 12.6. The van der Waals surface area contributed by atoms with Crippen LogP contribution in [0.3, 0.4) is 0 Å². The number of alkyl halides is 3. The number of aromatic nitrogens is 3. The molecule has 7 nitrogen and oxygen atoms in total. The SMILES string of the molecule is O=S(=O)(Nc1c[nH]c2ccc(OCCc3ccc(C(F)(F)F)cc3)cc12)c1cc[nH]n1. The van der Waals surface area contributed by atoms with E-state index in [1.165, 1.54) is 30.6 Å². The highest BCUT2D eigenvalue weighted by Crippen LogP contribution is 2.30. The summed E-state index contributed by atoms with van der Waals surface area (Å²) in [6, 6.07) is 11.4. The van der Waals surface area contributed by atoms with Crippen molar-refractivity contribution in [2.24, 2.45) is 0 Å². The van der Waals surface area contributed by atoms with Crippen molar-refractivity contribution in [1.29, 1.82) is 0 Å². The maximum Gasteiger partial charge on any atom is 0.416 e. The van der Waals surface area contributed by atoms with E-state index in [1.807, 2.05) is 0 Å². The Kier molecular flexibility index (Phi) is 5.36. The van der Waals surface area contributed by atoms with E-state index in [9.17, 15) is 21.6 Å². The molecule has 0 amide bonds. The van der Waals surface area contributed by atoms with Gasteiger partial charge in [0.1, 0.15) is 5.75 Å². The molecule has 2 aromatic heterocycles. The topological polar surface area (TPSA) is 99.9 Å². The molecule has 0 aliphatic carbocycles. The molecule has 0 spiro atoms. The molecule has 31 heavy (non-hydrogen) atoms. The average Bonchev–Trinajstić information content (AvgIpc) is 3.39. The quantitative estimate of drug-likeness (QED) is 0.390. The summed E-state index contributed by atoms with van der Waals surface area (Å²) in [6.07, 6.45) is -1.01. The summed E-state index contributed by atoms with van der Waals surface area (Å²) in [5, 5.41) is 6.61. The van der Waals surface area contributed by atoms with Crippen LogP contribution in [0.1, 0.15) is 11.1 Å².